The van der Waals surface area contributed by atoms with E-state index in [0.717, 1.165) is 19.3 Å². The van der Waals surface area contributed by atoms with Gasteiger partial charge in [0.2, 0.25) is 0 Å². The molecule has 0 atom stereocenters. The van der Waals surface area contributed by atoms with Crippen molar-refractivity contribution in [3.05, 3.63) is 21.3 Å². The van der Waals surface area contributed by atoms with Gasteiger partial charge in [-0.15, -0.1) is 0 Å². The molecule has 1 aromatic heterocycles. The van der Waals surface area contributed by atoms with Gasteiger partial charge < -0.3 is 10.7 Å². The minimum Gasteiger partial charge on any atom is -0.384 e. The highest BCUT2D eigenvalue weighted by molar-refractivity contribution is 7.71. The molecule has 0 aromatic carbocycles. The molecule has 0 fully saturated rings. The van der Waals surface area contributed by atoms with E-state index in [4.69, 9.17) is 28.5 Å². The number of unbranched alkanes of at least 4 members (excludes halogenated alkanes) is 2. The first-order valence-corrected chi connectivity index (χ1v) is 5.91. The van der Waals surface area contributed by atoms with Crippen LogP contribution in [-0.4, -0.2) is 4.98 Å². The van der Waals surface area contributed by atoms with Gasteiger partial charge in [0.1, 0.15) is 22.6 Å². The number of aromatic nitrogens is 1. The summed E-state index contributed by atoms with van der Waals surface area (Å²) < 4.78 is 0.315. The van der Waals surface area contributed by atoms with Gasteiger partial charge >= 0.3 is 0 Å². The van der Waals surface area contributed by atoms with Gasteiger partial charge in [-0.05, 0) is 18.4 Å². The van der Waals surface area contributed by atoms with E-state index in [-0.39, 0.29) is 5.82 Å². The summed E-state index contributed by atoms with van der Waals surface area (Å²) in [7, 11) is 0. The molecule has 0 amide bonds. The molecule has 0 radical (unpaired) electrons. The second-order valence-corrected chi connectivity index (χ2v) is 4.19. The van der Waals surface area contributed by atoms with Crippen LogP contribution in [0, 0.1) is 27.3 Å². The van der Waals surface area contributed by atoms with Crippen molar-refractivity contribution >= 4 is 18.0 Å². The average Bonchev–Trinajstić information content (AvgIpc) is 2.29. The highest BCUT2D eigenvalue weighted by atomic mass is 32.1. The predicted octanol–water partition coefficient (Wildman–Crippen LogP) is 2.80. The number of nitriles is 2. The highest BCUT2D eigenvalue weighted by Crippen LogP contribution is 2.21. The maximum absolute atomic E-state index is 9.08. The lowest BCUT2D eigenvalue weighted by Gasteiger charge is -2.08. The van der Waals surface area contributed by atoms with Crippen LogP contribution in [-0.2, 0) is 6.42 Å². The van der Waals surface area contributed by atoms with Crippen molar-refractivity contribution in [1.29, 1.82) is 10.5 Å². The number of H-pyrrole nitrogens is 1. The summed E-state index contributed by atoms with van der Waals surface area (Å²) in [5, 5.41) is 18.2. The Bertz CT molecular complexity index is 545. The Balaban J connectivity index is 3.28. The normalized spacial score (nSPS) is 9.59. The number of rotatable bonds is 4. The van der Waals surface area contributed by atoms with Gasteiger partial charge in [-0.1, -0.05) is 32.0 Å². The average molecular weight is 246 g/mol. The fourth-order valence-electron chi connectivity index (χ4n) is 1.72. The van der Waals surface area contributed by atoms with Crippen LogP contribution in [0.3, 0.4) is 0 Å². The van der Waals surface area contributed by atoms with Crippen LogP contribution >= 0.6 is 12.2 Å². The molecule has 1 heterocycles. The lowest BCUT2D eigenvalue weighted by Crippen LogP contribution is -2.04. The van der Waals surface area contributed by atoms with E-state index in [1.165, 1.54) is 0 Å². The fourth-order valence-corrected chi connectivity index (χ4v) is 2.00. The monoisotopic (exact) mass is 246 g/mol. The van der Waals surface area contributed by atoms with Crippen LogP contribution in [0.2, 0.25) is 0 Å². The molecule has 0 saturated carbocycles. The molecule has 0 spiro atoms. The number of pyridine rings is 1. The standard InChI is InChI=1S/C12H14N4S/c1-2-3-4-5-8-9(6-13)11(15)16-12(17)10(8)7-14/h2-5H2,1H3,(H3,15,16,17). The van der Waals surface area contributed by atoms with Crippen molar-refractivity contribution < 1.29 is 0 Å². The Morgan fingerprint density at radius 1 is 1.24 bits per heavy atom. The summed E-state index contributed by atoms with van der Waals surface area (Å²) in [5.74, 6) is 0.253. The van der Waals surface area contributed by atoms with Gasteiger partial charge in [0.25, 0.3) is 0 Å². The number of hydrogen-bond donors (Lipinski definition) is 2. The fraction of sp³-hybridized carbons (Fsp3) is 0.417. The Kier molecular flexibility index (Phi) is 4.68. The molecule has 3 N–H and O–H groups in total. The molecule has 88 valence electrons. The van der Waals surface area contributed by atoms with Crippen molar-refractivity contribution in [3.8, 4) is 12.1 Å². The van der Waals surface area contributed by atoms with Crippen molar-refractivity contribution in [3.63, 3.8) is 0 Å². The smallest absolute Gasteiger partial charge is 0.123 e. The molecule has 0 unspecified atom stereocenters. The zero-order valence-electron chi connectivity index (χ0n) is 9.71. The van der Waals surface area contributed by atoms with Crippen molar-refractivity contribution in [1.82, 2.24) is 4.98 Å². The quantitative estimate of drug-likeness (QED) is 0.631. The van der Waals surface area contributed by atoms with E-state index in [2.05, 4.69) is 18.0 Å². The Hall–Kier alpha value is -1.85. The first-order chi connectivity index (χ1) is 8.15. The van der Waals surface area contributed by atoms with Crippen LogP contribution < -0.4 is 5.73 Å². The topological polar surface area (TPSA) is 89.4 Å². The van der Waals surface area contributed by atoms with Gasteiger partial charge in [-0.2, -0.15) is 10.5 Å². The first kappa shape index (κ1) is 13.2. The molecule has 1 rings (SSSR count). The predicted molar refractivity (Wildman–Crippen MR) is 68.7 cm³/mol. The van der Waals surface area contributed by atoms with Gasteiger partial charge in [0.15, 0.2) is 0 Å². The second-order valence-electron chi connectivity index (χ2n) is 3.78. The van der Waals surface area contributed by atoms with Crippen LogP contribution in [0.25, 0.3) is 0 Å². The third kappa shape index (κ3) is 2.83. The maximum atomic E-state index is 9.08. The number of nitrogens with two attached hydrogens (primary N) is 1. The van der Waals surface area contributed by atoms with Crippen LogP contribution in [0.15, 0.2) is 0 Å². The van der Waals surface area contributed by atoms with Crippen LogP contribution in [0.4, 0.5) is 5.82 Å². The molecular weight excluding hydrogens is 232 g/mol. The summed E-state index contributed by atoms with van der Waals surface area (Å²) in [5.41, 5.74) is 7.12. The van der Waals surface area contributed by atoms with E-state index >= 15 is 0 Å². The zero-order chi connectivity index (χ0) is 12.8. The van der Waals surface area contributed by atoms with E-state index in [1.54, 1.807) is 0 Å². The molecule has 1 aromatic rings. The molecule has 4 nitrogen and oxygen atoms in total. The number of nitrogens with zero attached hydrogens (tertiary/aromatic N) is 2. The lowest BCUT2D eigenvalue weighted by atomic mass is 9.99. The summed E-state index contributed by atoms with van der Waals surface area (Å²) in [6.07, 6.45) is 3.74. The number of nitrogen functional groups attached to an aromatic ring is 1. The van der Waals surface area contributed by atoms with Gasteiger partial charge in [0, 0.05) is 0 Å². The maximum Gasteiger partial charge on any atom is 0.123 e. The number of anilines is 1. The van der Waals surface area contributed by atoms with E-state index in [1.807, 2.05) is 6.07 Å². The zero-order valence-corrected chi connectivity index (χ0v) is 10.5. The minimum absolute atomic E-state index is 0.253. The molecular formula is C12H14N4S. The van der Waals surface area contributed by atoms with Crippen LogP contribution in [0.5, 0.6) is 0 Å². The number of hydrogen-bond acceptors (Lipinski definition) is 4. The largest absolute Gasteiger partial charge is 0.384 e. The van der Waals surface area contributed by atoms with Gasteiger partial charge in [-0.25, -0.2) is 0 Å². The van der Waals surface area contributed by atoms with Crippen molar-refractivity contribution in [2.45, 2.75) is 32.6 Å². The molecule has 0 bridgehead atoms. The summed E-state index contributed by atoms with van der Waals surface area (Å²) in [4.78, 5) is 2.69. The van der Waals surface area contributed by atoms with Crippen molar-refractivity contribution in [2.75, 3.05) is 5.73 Å². The SMILES string of the molecule is CCCCCc1c(C#N)c(N)[nH]c(=S)c1C#N. The minimum atomic E-state index is 0.253. The Morgan fingerprint density at radius 3 is 2.41 bits per heavy atom. The van der Waals surface area contributed by atoms with Crippen LogP contribution in [0.1, 0.15) is 42.9 Å². The Labute approximate surface area is 106 Å². The first-order valence-electron chi connectivity index (χ1n) is 5.50. The van der Waals surface area contributed by atoms with Gasteiger partial charge in [0.05, 0.1) is 11.1 Å². The molecule has 0 saturated heterocycles. The van der Waals surface area contributed by atoms with Crippen molar-refractivity contribution in [2.24, 2.45) is 0 Å². The number of nitrogens with one attached hydrogen (secondary N) is 1. The molecule has 0 aliphatic rings. The molecule has 0 aliphatic heterocycles. The molecule has 17 heavy (non-hydrogen) atoms. The van der Waals surface area contributed by atoms with E-state index in [9.17, 15) is 0 Å². The Morgan fingerprint density at radius 2 is 1.88 bits per heavy atom. The van der Waals surface area contributed by atoms with Gasteiger partial charge in [-0.3, -0.25) is 0 Å². The summed E-state index contributed by atoms with van der Waals surface area (Å²) >= 11 is 5.05. The molecule has 5 heteroatoms. The second kappa shape index (κ2) is 6.03. The third-order valence-corrected chi connectivity index (χ3v) is 2.91. The van der Waals surface area contributed by atoms with E-state index in [0.29, 0.717) is 27.8 Å². The summed E-state index contributed by atoms with van der Waals surface area (Å²) in [6, 6.07) is 4.09. The van der Waals surface area contributed by atoms with E-state index < -0.39 is 0 Å². The lowest BCUT2D eigenvalue weighted by molar-refractivity contribution is 0.715. The summed E-state index contributed by atoms with van der Waals surface area (Å²) in [6.45, 7) is 2.10. The number of aromatic amines is 1. The molecule has 0 aliphatic carbocycles. The third-order valence-electron chi connectivity index (χ3n) is 2.60. The highest BCUT2D eigenvalue weighted by Gasteiger charge is 2.13.